The molecular formula is C44H75N7O11S2. The number of carbonyl (C=O) groups is 8. The first-order chi connectivity index (χ1) is 30.5. The van der Waals surface area contributed by atoms with Gasteiger partial charge in [0.15, 0.2) is 0 Å². The number of carbonyl (C=O) groups excluding carboxylic acids is 8. The second-order valence-corrected chi connectivity index (χ2v) is 13.7. The number of esters is 3. The van der Waals surface area contributed by atoms with Crippen LogP contribution in [0.3, 0.4) is 0 Å². The van der Waals surface area contributed by atoms with Gasteiger partial charge in [0.2, 0.25) is 17.7 Å². The predicted octanol–water partition coefficient (Wildman–Crippen LogP) is 4.46. The molecule has 2 aromatic heterocycles. The summed E-state index contributed by atoms with van der Waals surface area (Å²) in [5.74, 6) is -0.707. The number of nitrogens with two attached hydrogens (primary N) is 1. The van der Waals surface area contributed by atoms with Crippen molar-refractivity contribution in [3.8, 4) is 0 Å². The molecular weight excluding hydrogens is 867 g/mol. The first-order valence-corrected chi connectivity index (χ1v) is 22.5. The van der Waals surface area contributed by atoms with E-state index in [1.807, 2.05) is 41.5 Å². The van der Waals surface area contributed by atoms with E-state index in [4.69, 9.17) is 10.5 Å². The number of ketones is 1. The van der Waals surface area contributed by atoms with Gasteiger partial charge in [-0.3, -0.25) is 29.0 Å². The molecule has 0 aliphatic carbocycles. The van der Waals surface area contributed by atoms with Gasteiger partial charge in [-0.1, -0.05) is 53.7 Å². The summed E-state index contributed by atoms with van der Waals surface area (Å²) < 4.78 is 13.6. The van der Waals surface area contributed by atoms with Crippen molar-refractivity contribution < 1.29 is 52.6 Å². The van der Waals surface area contributed by atoms with Gasteiger partial charge in [0.05, 0.1) is 20.8 Å². The fourth-order valence-corrected chi connectivity index (χ4v) is 4.04. The number of aromatic nitrogens is 2. The summed E-state index contributed by atoms with van der Waals surface area (Å²) in [5, 5.41) is 10.7. The molecule has 0 aliphatic rings. The number of amides is 4. The van der Waals surface area contributed by atoms with Gasteiger partial charge in [-0.05, 0) is 63.3 Å². The van der Waals surface area contributed by atoms with Crippen LogP contribution >= 0.6 is 25.3 Å². The number of thiol groups is 2. The highest BCUT2D eigenvalue weighted by Gasteiger charge is 2.19. The van der Waals surface area contributed by atoms with E-state index in [0.29, 0.717) is 62.5 Å². The maximum absolute atomic E-state index is 11.2. The van der Waals surface area contributed by atoms with E-state index in [2.05, 4.69) is 66.0 Å². The number of nitrogens with one attached hydrogen (secondary N) is 4. The molecule has 0 saturated heterocycles. The molecule has 364 valence electrons. The maximum Gasteiger partial charge on any atom is 0.356 e. The Morgan fingerprint density at radius 1 is 0.625 bits per heavy atom. The van der Waals surface area contributed by atoms with Gasteiger partial charge in [0.25, 0.3) is 5.91 Å². The van der Waals surface area contributed by atoms with Crippen LogP contribution < -0.4 is 27.0 Å². The molecule has 0 aromatic carbocycles. The van der Waals surface area contributed by atoms with Crippen molar-refractivity contribution in [2.75, 3.05) is 52.0 Å². The Morgan fingerprint density at radius 3 is 1.53 bits per heavy atom. The third kappa shape index (κ3) is 42.2. The zero-order chi connectivity index (χ0) is 49.6. The van der Waals surface area contributed by atoms with Crippen molar-refractivity contribution in [3.05, 3.63) is 60.2 Å². The summed E-state index contributed by atoms with van der Waals surface area (Å²) in [6.07, 6.45) is 9.37. The third-order valence-corrected chi connectivity index (χ3v) is 7.85. The normalized spacial score (nSPS) is 10.2. The summed E-state index contributed by atoms with van der Waals surface area (Å²) >= 11 is 7.72. The molecule has 64 heavy (non-hydrogen) atoms. The highest BCUT2D eigenvalue weighted by molar-refractivity contribution is 7.80. The Bertz CT molecular complexity index is 1490. The van der Waals surface area contributed by atoms with Crippen LogP contribution in [0.2, 0.25) is 0 Å². The van der Waals surface area contributed by atoms with Crippen LogP contribution in [0.25, 0.3) is 0 Å². The van der Waals surface area contributed by atoms with E-state index in [-0.39, 0.29) is 41.1 Å². The fourth-order valence-electron chi connectivity index (χ4n) is 3.65. The molecule has 0 spiro atoms. The topological polar surface area (TPSA) is 264 Å². The number of Topliss-reactive ketones (excluding diaryl/α,β-unsaturated/α-hetero) is 1. The average Bonchev–Trinajstić information content (AvgIpc) is 3.32. The lowest BCUT2D eigenvalue weighted by atomic mass is 10.2. The number of nitrogens with zero attached hydrogens (tertiary/aromatic N) is 2. The number of ether oxygens (including phenoxy) is 3. The molecule has 2 atom stereocenters. The van der Waals surface area contributed by atoms with E-state index < -0.39 is 24.0 Å². The Hall–Kier alpha value is -5.08. The molecule has 0 fully saturated rings. The lowest BCUT2D eigenvalue weighted by molar-refractivity contribution is -0.144. The van der Waals surface area contributed by atoms with Crippen molar-refractivity contribution in [1.82, 2.24) is 31.2 Å². The highest BCUT2D eigenvalue weighted by Crippen LogP contribution is 1.97. The molecule has 4 amide bonds. The standard InChI is InChI=1S/C9H12N2O.C9H11NO2.C8H15NO3S.C8H15NO2.C6H13NO.C4H9NO2S/c1-2-6-11-9(12)8-5-3-4-7-10-8;1-2-7-12-9(11)8-5-3-4-6-10-8;1-3-4-7(10)9-6(5-13)8(11)12-2;1-3-6-9-8(11)5-4-7(2)10;1-3-5-7-6(8)4-2;1-7-4(6)3(5)2-8/h3-5,7H,2,6H2,1H3,(H,11,12);3-6H,2,7H2,1H3;6,13H,3-5H2,1-2H3,(H,9,10);3-6H2,1-2H3,(H,9,11);3-5H2,1-2H3,(H,7,8);3,8H,2,5H2,1H3. The van der Waals surface area contributed by atoms with Crippen LogP contribution in [0.5, 0.6) is 0 Å². The Kier molecular flexibility index (Phi) is 48.5. The second kappa shape index (κ2) is 47.4. The maximum atomic E-state index is 11.2. The monoisotopic (exact) mass is 941 g/mol. The number of pyridine rings is 2. The van der Waals surface area contributed by atoms with Crippen LogP contribution in [0.1, 0.15) is 127 Å². The quantitative estimate of drug-likeness (QED) is 0.0518. The molecule has 6 N–H and O–H groups in total. The molecule has 2 unspecified atom stereocenters. The Labute approximate surface area is 391 Å². The fraction of sp³-hybridized carbons (Fsp3) is 0.591. The van der Waals surface area contributed by atoms with Gasteiger partial charge < -0.3 is 46.0 Å². The van der Waals surface area contributed by atoms with Crippen LogP contribution in [0, 0.1) is 0 Å². The second-order valence-electron chi connectivity index (χ2n) is 13.0. The van der Waals surface area contributed by atoms with E-state index in [0.717, 1.165) is 38.6 Å². The minimum atomic E-state index is -0.632. The van der Waals surface area contributed by atoms with Crippen LogP contribution in [0.15, 0.2) is 48.8 Å². The minimum Gasteiger partial charge on any atom is -0.468 e. The van der Waals surface area contributed by atoms with Crippen LogP contribution in [0.4, 0.5) is 0 Å². The molecule has 2 rings (SSSR count). The van der Waals surface area contributed by atoms with Crippen molar-refractivity contribution in [2.24, 2.45) is 5.73 Å². The van der Waals surface area contributed by atoms with Crippen molar-refractivity contribution in [1.29, 1.82) is 0 Å². The summed E-state index contributed by atoms with van der Waals surface area (Å²) in [6, 6.07) is 9.23. The molecule has 0 saturated carbocycles. The third-order valence-electron chi connectivity index (χ3n) is 7.10. The lowest BCUT2D eigenvalue weighted by Crippen LogP contribution is -2.42. The molecule has 20 heteroatoms. The van der Waals surface area contributed by atoms with Crippen molar-refractivity contribution in [3.63, 3.8) is 0 Å². The zero-order valence-corrected chi connectivity index (χ0v) is 41.0. The van der Waals surface area contributed by atoms with E-state index in [1.165, 1.54) is 21.1 Å². The molecule has 2 aromatic rings. The van der Waals surface area contributed by atoms with E-state index in [1.54, 1.807) is 48.8 Å². The first-order valence-electron chi connectivity index (χ1n) is 21.3. The molecule has 2 heterocycles. The van der Waals surface area contributed by atoms with E-state index >= 15 is 0 Å². The smallest absolute Gasteiger partial charge is 0.356 e. The Morgan fingerprint density at radius 2 is 1.14 bits per heavy atom. The van der Waals surface area contributed by atoms with E-state index in [9.17, 15) is 38.4 Å². The first kappa shape index (κ1) is 65.5. The number of hydrogen-bond acceptors (Lipinski definition) is 16. The molecule has 0 radical (unpaired) electrons. The number of hydrogen-bond donors (Lipinski definition) is 7. The average molecular weight is 942 g/mol. The summed E-state index contributed by atoms with van der Waals surface area (Å²) in [4.78, 5) is 94.3. The van der Waals surface area contributed by atoms with Crippen molar-refractivity contribution >= 4 is 72.6 Å². The van der Waals surface area contributed by atoms with Crippen molar-refractivity contribution in [2.45, 2.75) is 118 Å². The minimum absolute atomic E-state index is 0.0259. The summed E-state index contributed by atoms with van der Waals surface area (Å²) in [7, 11) is 2.58. The van der Waals surface area contributed by atoms with Gasteiger partial charge in [-0.25, -0.2) is 14.6 Å². The lowest BCUT2D eigenvalue weighted by Gasteiger charge is -2.13. The number of methoxy groups -OCH3 is 2. The van der Waals surface area contributed by atoms with Crippen LogP contribution in [-0.2, 0) is 43.0 Å². The Balaban J connectivity index is -0.000000341. The van der Waals surface area contributed by atoms with Gasteiger partial charge in [-0.15, -0.1) is 0 Å². The van der Waals surface area contributed by atoms with Gasteiger partial charge in [0.1, 0.15) is 29.3 Å². The van der Waals surface area contributed by atoms with Crippen LogP contribution in [-0.4, -0.2) is 121 Å². The molecule has 0 bridgehead atoms. The zero-order valence-electron chi connectivity index (χ0n) is 39.2. The highest BCUT2D eigenvalue weighted by atomic mass is 32.1. The largest absolute Gasteiger partial charge is 0.468 e. The molecule has 18 nitrogen and oxygen atoms in total. The van der Waals surface area contributed by atoms with Gasteiger partial charge >= 0.3 is 17.9 Å². The summed E-state index contributed by atoms with van der Waals surface area (Å²) in [6.45, 7) is 15.9. The molecule has 0 aliphatic heterocycles. The SMILES string of the molecule is CCCC(=O)NC(CS)C(=O)OC.CCCNC(=O)CC.CCCNC(=O)CCC(C)=O.CCCNC(=O)c1ccccn1.CCCOC(=O)c1ccccn1.COC(=O)C(N)CS. The predicted molar refractivity (Wildman–Crippen MR) is 255 cm³/mol. The number of rotatable bonds is 21. The van der Waals surface area contributed by atoms with Gasteiger partial charge in [-0.2, -0.15) is 25.3 Å². The summed E-state index contributed by atoms with van der Waals surface area (Å²) in [5.41, 5.74) is 6.02. The van der Waals surface area contributed by atoms with Gasteiger partial charge in [0, 0.05) is 69.2 Å².